The smallest absolute Gasteiger partial charge is 0.252 e. The van der Waals surface area contributed by atoms with E-state index in [-0.39, 0.29) is 23.8 Å². The molecule has 25 heavy (non-hydrogen) atoms. The third kappa shape index (κ3) is 4.92. The quantitative estimate of drug-likeness (QED) is 0.845. The molecule has 4 heteroatoms. The van der Waals surface area contributed by atoms with E-state index in [0.29, 0.717) is 5.56 Å². The number of benzene rings is 2. The predicted octanol–water partition coefficient (Wildman–Crippen LogP) is 3.63. The zero-order valence-corrected chi connectivity index (χ0v) is 15.2. The van der Waals surface area contributed by atoms with Crippen molar-refractivity contribution in [3.05, 3.63) is 71.3 Å². The Morgan fingerprint density at radius 3 is 2.04 bits per heavy atom. The van der Waals surface area contributed by atoms with Gasteiger partial charge in [-0.1, -0.05) is 62.4 Å². The molecule has 0 radical (unpaired) electrons. The summed E-state index contributed by atoms with van der Waals surface area (Å²) in [6.45, 7) is 7.68. The third-order valence-electron chi connectivity index (χ3n) is 4.28. The predicted molar refractivity (Wildman–Crippen MR) is 100 cm³/mol. The molecule has 0 aliphatic carbocycles. The monoisotopic (exact) mass is 338 g/mol. The van der Waals surface area contributed by atoms with Crippen LogP contribution < -0.4 is 10.6 Å². The fraction of sp³-hybridized carbons (Fsp3) is 0.333. The average Bonchev–Trinajstić information content (AvgIpc) is 2.60. The van der Waals surface area contributed by atoms with Crippen LogP contribution in [0.4, 0.5) is 0 Å². The molecule has 0 aliphatic rings. The summed E-state index contributed by atoms with van der Waals surface area (Å²) in [7, 11) is 0. The van der Waals surface area contributed by atoms with Gasteiger partial charge in [0.15, 0.2) is 0 Å². The number of hydrogen-bond donors (Lipinski definition) is 2. The molecule has 2 aromatic carbocycles. The van der Waals surface area contributed by atoms with E-state index in [1.165, 1.54) is 0 Å². The van der Waals surface area contributed by atoms with Gasteiger partial charge in [0, 0.05) is 5.56 Å². The summed E-state index contributed by atoms with van der Waals surface area (Å²) in [5, 5.41) is 5.87. The Labute approximate surface area is 149 Å². The van der Waals surface area contributed by atoms with Gasteiger partial charge in [-0.2, -0.15) is 0 Å². The molecule has 0 saturated heterocycles. The second kappa shape index (κ2) is 8.47. The van der Waals surface area contributed by atoms with Gasteiger partial charge < -0.3 is 10.6 Å². The van der Waals surface area contributed by atoms with Gasteiger partial charge >= 0.3 is 0 Å². The zero-order valence-electron chi connectivity index (χ0n) is 15.2. The highest BCUT2D eigenvalue weighted by Gasteiger charge is 2.26. The molecule has 0 bridgehead atoms. The van der Waals surface area contributed by atoms with Gasteiger partial charge in [0.1, 0.15) is 6.04 Å². The number of aryl methyl sites for hydroxylation is 1. The van der Waals surface area contributed by atoms with Crippen molar-refractivity contribution in [1.82, 2.24) is 10.6 Å². The second-order valence-electron chi connectivity index (χ2n) is 6.65. The van der Waals surface area contributed by atoms with E-state index in [1.54, 1.807) is 6.07 Å². The van der Waals surface area contributed by atoms with Crippen molar-refractivity contribution in [3.8, 4) is 0 Å². The van der Waals surface area contributed by atoms with E-state index in [0.717, 1.165) is 11.1 Å². The number of hydrogen-bond acceptors (Lipinski definition) is 2. The number of rotatable bonds is 6. The van der Waals surface area contributed by atoms with E-state index >= 15 is 0 Å². The van der Waals surface area contributed by atoms with Crippen LogP contribution in [0.15, 0.2) is 54.6 Å². The molecule has 0 aliphatic heterocycles. The zero-order chi connectivity index (χ0) is 18.4. The first-order chi connectivity index (χ1) is 11.9. The summed E-state index contributed by atoms with van der Waals surface area (Å²) in [6.07, 6.45) is 0. The lowest BCUT2D eigenvalue weighted by Gasteiger charge is -2.24. The van der Waals surface area contributed by atoms with Crippen LogP contribution in [0.25, 0.3) is 0 Å². The molecule has 132 valence electrons. The Balaban J connectivity index is 2.08. The molecule has 4 nitrogen and oxygen atoms in total. The topological polar surface area (TPSA) is 58.2 Å². The summed E-state index contributed by atoms with van der Waals surface area (Å²) in [5.74, 6) is -0.413. The molecular formula is C21H26N2O2. The summed E-state index contributed by atoms with van der Waals surface area (Å²) in [6, 6.07) is 16.4. The molecule has 0 heterocycles. The average molecular weight is 338 g/mol. The molecule has 2 unspecified atom stereocenters. The Morgan fingerprint density at radius 1 is 0.840 bits per heavy atom. The largest absolute Gasteiger partial charge is 0.348 e. The lowest BCUT2D eigenvalue weighted by atomic mass is 10.0. The van der Waals surface area contributed by atoms with Crippen LogP contribution in [0.2, 0.25) is 0 Å². The normalized spacial score (nSPS) is 13.2. The maximum atomic E-state index is 12.7. The van der Waals surface area contributed by atoms with Crippen molar-refractivity contribution in [3.63, 3.8) is 0 Å². The molecule has 2 atom stereocenters. The molecule has 2 N–H and O–H groups in total. The SMILES string of the molecule is Cc1ccccc1C(=O)NC(C(=O)NC(C)c1ccccc1)C(C)C. The summed E-state index contributed by atoms with van der Waals surface area (Å²) < 4.78 is 0. The fourth-order valence-electron chi connectivity index (χ4n) is 2.71. The minimum Gasteiger partial charge on any atom is -0.348 e. The van der Waals surface area contributed by atoms with Crippen molar-refractivity contribution < 1.29 is 9.59 Å². The number of carbonyl (C=O) groups excluding carboxylic acids is 2. The first kappa shape index (κ1) is 18.7. The minimum atomic E-state index is -0.585. The molecule has 0 saturated carbocycles. The van der Waals surface area contributed by atoms with E-state index in [9.17, 15) is 9.59 Å². The second-order valence-corrected chi connectivity index (χ2v) is 6.65. The summed E-state index contributed by atoms with van der Waals surface area (Å²) in [5.41, 5.74) is 2.52. The maximum absolute atomic E-state index is 12.7. The summed E-state index contributed by atoms with van der Waals surface area (Å²) in [4.78, 5) is 25.2. The molecule has 2 aromatic rings. The lowest BCUT2D eigenvalue weighted by Crippen LogP contribution is -2.50. The lowest BCUT2D eigenvalue weighted by molar-refractivity contribution is -0.124. The van der Waals surface area contributed by atoms with Crippen molar-refractivity contribution in [2.75, 3.05) is 0 Å². The van der Waals surface area contributed by atoms with E-state index in [2.05, 4.69) is 10.6 Å². The molecule has 0 spiro atoms. The van der Waals surface area contributed by atoms with Crippen LogP contribution in [0.3, 0.4) is 0 Å². The Morgan fingerprint density at radius 2 is 1.44 bits per heavy atom. The molecule has 2 rings (SSSR count). The number of amides is 2. The maximum Gasteiger partial charge on any atom is 0.252 e. The van der Waals surface area contributed by atoms with Gasteiger partial charge in [-0.15, -0.1) is 0 Å². The Bertz CT molecular complexity index is 726. The first-order valence-electron chi connectivity index (χ1n) is 8.62. The molecule has 0 fully saturated rings. The van der Waals surface area contributed by atoms with Crippen molar-refractivity contribution in [2.24, 2.45) is 5.92 Å². The van der Waals surface area contributed by atoms with Gasteiger partial charge in [0.2, 0.25) is 5.91 Å². The highest BCUT2D eigenvalue weighted by Crippen LogP contribution is 2.13. The minimum absolute atomic E-state index is 0.0176. The third-order valence-corrected chi connectivity index (χ3v) is 4.28. The number of nitrogens with one attached hydrogen (secondary N) is 2. The molecule has 2 amide bonds. The van der Waals surface area contributed by atoms with Crippen LogP contribution in [0, 0.1) is 12.8 Å². The van der Waals surface area contributed by atoms with Crippen LogP contribution in [-0.2, 0) is 4.79 Å². The van der Waals surface area contributed by atoms with Gasteiger partial charge in [-0.25, -0.2) is 0 Å². The van der Waals surface area contributed by atoms with Gasteiger partial charge in [-0.05, 0) is 37.0 Å². The highest BCUT2D eigenvalue weighted by atomic mass is 16.2. The Kier molecular flexibility index (Phi) is 6.34. The highest BCUT2D eigenvalue weighted by molar-refractivity contribution is 5.98. The van der Waals surface area contributed by atoms with E-state index in [1.807, 2.05) is 76.2 Å². The van der Waals surface area contributed by atoms with Gasteiger partial charge in [0.05, 0.1) is 6.04 Å². The van der Waals surface area contributed by atoms with E-state index in [4.69, 9.17) is 0 Å². The van der Waals surface area contributed by atoms with Crippen LogP contribution in [-0.4, -0.2) is 17.9 Å². The van der Waals surface area contributed by atoms with E-state index < -0.39 is 6.04 Å². The molecule has 0 aromatic heterocycles. The van der Waals surface area contributed by atoms with Crippen LogP contribution in [0.1, 0.15) is 48.3 Å². The van der Waals surface area contributed by atoms with Crippen molar-refractivity contribution in [1.29, 1.82) is 0 Å². The Hall–Kier alpha value is -2.62. The number of carbonyl (C=O) groups is 2. The van der Waals surface area contributed by atoms with Gasteiger partial charge in [0.25, 0.3) is 5.91 Å². The van der Waals surface area contributed by atoms with Crippen molar-refractivity contribution in [2.45, 2.75) is 39.8 Å². The fourth-order valence-corrected chi connectivity index (χ4v) is 2.71. The standard InChI is InChI=1S/C21H26N2O2/c1-14(2)19(23-20(24)18-13-9-8-10-15(18)3)21(25)22-16(4)17-11-6-5-7-12-17/h5-14,16,19H,1-4H3,(H,22,25)(H,23,24). The first-order valence-corrected chi connectivity index (χ1v) is 8.62. The van der Waals surface area contributed by atoms with Crippen LogP contribution >= 0.6 is 0 Å². The summed E-state index contributed by atoms with van der Waals surface area (Å²) >= 11 is 0. The van der Waals surface area contributed by atoms with Crippen LogP contribution in [0.5, 0.6) is 0 Å². The van der Waals surface area contributed by atoms with Crippen molar-refractivity contribution >= 4 is 11.8 Å². The van der Waals surface area contributed by atoms with Gasteiger partial charge in [-0.3, -0.25) is 9.59 Å². The molecular weight excluding hydrogens is 312 g/mol.